The lowest BCUT2D eigenvalue weighted by molar-refractivity contribution is -0.126. The molecule has 1 N–H and O–H groups in total. The Hall–Kier alpha value is -2.28. The van der Waals surface area contributed by atoms with E-state index in [4.69, 9.17) is 4.74 Å². The number of benzene rings is 1. The van der Waals surface area contributed by atoms with Crippen LogP contribution in [0.5, 0.6) is 0 Å². The maximum Gasteiger partial charge on any atom is 0.246 e. The lowest BCUT2D eigenvalue weighted by atomic mass is 9.93. The van der Waals surface area contributed by atoms with E-state index in [1.165, 1.54) is 16.8 Å². The van der Waals surface area contributed by atoms with Gasteiger partial charge in [0.15, 0.2) is 5.82 Å². The number of carbonyl (C=O) groups is 1. The van der Waals surface area contributed by atoms with Crippen LogP contribution in [0.3, 0.4) is 0 Å². The summed E-state index contributed by atoms with van der Waals surface area (Å²) in [6, 6.07) is 3.26. The predicted octanol–water partition coefficient (Wildman–Crippen LogP) is 3.07. The maximum absolute atomic E-state index is 14.1. The van der Waals surface area contributed by atoms with Gasteiger partial charge in [0.1, 0.15) is 18.1 Å². The summed E-state index contributed by atoms with van der Waals surface area (Å²) in [6.07, 6.45) is 4.88. The SMILES string of the molecule is CCCOCC(=O)N[C@@H]1CCCc2c1cnn2-c1ccc(F)cc1F. The van der Waals surface area contributed by atoms with Gasteiger partial charge in [0.2, 0.25) is 5.91 Å². The predicted molar refractivity (Wildman–Crippen MR) is 88.4 cm³/mol. The lowest BCUT2D eigenvalue weighted by Gasteiger charge is -2.24. The van der Waals surface area contributed by atoms with Crippen LogP contribution >= 0.6 is 0 Å². The van der Waals surface area contributed by atoms with Crippen LogP contribution in [0.25, 0.3) is 5.69 Å². The van der Waals surface area contributed by atoms with E-state index in [1.54, 1.807) is 6.20 Å². The minimum Gasteiger partial charge on any atom is -0.372 e. The van der Waals surface area contributed by atoms with E-state index in [0.717, 1.165) is 43.0 Å². The largest absolute Gasteiger partial charge is 0.372 e. The molecular weight excluding hydrogens is 328 g/mol. The number of ether oxygens (including phenoxy) is 1. The summed E-state index contributed by atoms with van der Waals surface area (Å²) in [5.74, 6) is -1.46. The van der Waals surface area contributed by atoms with Gasteiger partial charge < -0.3 is 10.1 Å². The number of hydrogen-bond donors (Lipinski definition) is 1. The van der Waals surface area contributed by atoms with E-state index in [0.29, 0.717) is 6.61 Å². The fraction of sp³-hybridized carbons (Fsp3) is 0.444. The van der Waals surface area contributed by atoms with Crippen molar-refractivity contribution in [3.05, 3.63) is 47.3 Å². The highest BCUT2D eigenvalue weighted by molar-refractivity contribution is 5.77. The van der Waals surface area contributed by atoms with Crippen LogP contribution < -0.4 is 5.32 Å². The molecule has 0 unspecified atom stereocenters. The number of halogens is 2. The zero-order chi connectivity index (χ0) is 17.8. The Kier molecular flexibility index (Phi) is 5.43. The molecule has 0 aliphatic heterocycles. The molecule has 0 spiro atoms. The molecule has 1 atom stereocenters. The smallest absolute Gasteiger partial charge is 0.246 e. The maximum atomic E-state index is 14.1. The van der Waals surface area contributed by atoms with Crippen molar-refractivity contribution in [2.24, 2.45) is 0 Å². The molecule has 0 fully saturated rings. The highest BCUT2D eigenvalue weighted by Gasteiger charge is 2.26. The van der Waals surface area contributed by atoms with Crippen molar-refractivity contribution in [3.8, 4) is 5.69 Å². The molecule has 1 heterocycles. The molecular formula is C18H21F2N3O2. The van der Waals surface area contributed by atoms with Crippen molar-refractivity contribution in [2.75, 3.05) is 13.2 Å². The topological polar surface area (TPSA) is 56.1 Å². The van der Waals surface area contributed by atoms with Gasteiger partial charge in [-0.25, -0.2) is 13.5 Å². The van der Waals surface area contributed by atoms with Gasteiger partial charge >= 0.3 is 0 Å². The van der Waals surface area contributed by atoms with Crippen molar-refractivity contribution in [2.45, 2.75) is 38.6 Å². The fourth-order valence-corrected chi connectivity index (χ4v) is 3.11. The second kappa shape index (κ2) is 7.74. The molecule has 0 saturated heterocycles. The highest BCUT2D eigenvalue weighted by Crippen LogP contribution is 2.31. The van der Waals surface area contributed by atoms with Crippen molar-refractivity contribution in [1.82, 2.24) is 15.1 Å². The summed E-state index contributed by atoms with van der Waals surface area (Å²) < 4.78 is 34.0. The zero-order valence-corrected chi connectivity index (χ0v) is 14.1. The Labute approximate surface area is 145 Å². The van der Waals surface area contributed by atoms with Crippen molar-refractivity contribution < 1.29 is 18.3 Å². The van der Waals surface area contributed by atoms with E-state index in [1.807, 2.05) is 6.92 Å². The summed E-state index contributed by atoms with van der Waals surface area (Å²) in [7, 11) is 0. The molecule has 1 aliphatic carbocycles. The van der Waals surface area contributed by atoms with Gasteiger partial charge in [-0.1, -0.05) is 6.92 Å². The zero-order valence-electron chi connectivity index (χ0n) is 14.1. The van der Waals surface area contributed by atoms with Crippen LogP contribution in [0.1, 0.15) is 43.5 Å². The minimum atomic E-state index is -0.662. The Balaban J connectivity index is 1.79. The van der Waals surface area contributed by atoms with Gasteiger partial charge in [0.25, 0.3) is 0 Å². The van der Waals surface area contributed by atoms with Crippen LogP contribution in [0.15, 0.2) is 24.4 Å². The molecule has 3 rings (SSSR count). The summed E-state index contributed by atoms with van der Waals surface area (Å²) in [5, 5.41) is 7.21. The average Bonchev–Trinajstić information content (AvgIpc) is 3.00. The quantitative estimate of drug-likeness (QED) is 0.816. The molecule has 1 amide bonds. The second-order valence-corrected chi connectivity index (χ2v) is 6.12. The molecule has 1 aromatic heterocycles. The number of fused-ring (bicyclic) bond motifs is 1. The summed E-state index contributed by atoms with van der Waals surface area (Å²) in [6.45, 7) is 2.56. The van der Waals surface area contributed by atoms with E-state index >= 15 is 0 Å². The van der Waals surface area contributed by atoms with Gasteiger partial charge in [0, 0.05) is 23.9 Å². The highest BCUT2D eigenvalue weighted by atomic mass is 19.1. The molecule has 0 saturated carbocycles. The normalized spacial score (nSPS) is 16.5. The molecule has 1 aromatic carbocycles. The van der Waals surface area contributed by atoms with E-state index in [-0.39, 0.29) is 24.2 Å². The van der Waals surface area contributed by atoms with Crippen LogP contribution in [0, 0.1) is 11.6 Å². The molecule has 5 nitrogen and oxygen atoms in total. The first kappa shape index (κ1) is 17.5. The van der Waals surface area contributed by atoms with Gasteiger partial charge in [-0.15, -0.1) is 0 Å². The fourth-order valence-electron chi connectivity index (χ4n) is 3.11. The van der Waals surface area contributed by atoms with Gasteiger partial charge in [0.05, 0.1) is 12.2 Å². The monoisotopic (exact) mass is 349 g/mol. The number of nitrogens with zero attached hydrogens (tertiary/aromatic N) is 2. The van der Waals surface area contributed by atoms with Crippen LogP contribution in [-0.4, -0.2) is 28.9 Å². The molecule has 0 radical (unpaired) electrons. The van der Waals surface area contributed by atoms with E-state index in [2.05, 4.69) is 10.4 Å². The van der Waals surface area contributed by atoms with E-state index < -0.39 is 11.6 Å². The molecule has 1 aliphatic rings. The number of amides is 1. The van der Waals surface area contributed by atoms with Crippen LogP contribution in [0.4, 0.5) is 8.78 Å². The first-order chi connectivity index (χ1) is 12.1. The molecule has 25 heavy (non-hydrogen) atoms. The molecule has 134 valence electrons. The third-order valence-corrected chi connectivity index (χ3v) is 4.24. The van der Waals surface area contributed by atoms with Crippen molar-refractivity contribution >= 4 is 5.91 Å². The standard InChI is InChI=1S/C18H21F2N3O2/c1-2-8-25-11-18(24)22-15-4-3-5-16-13(15)10-21-23(16)17-7-6-12(19)9-14(17)20/h6-7,9-10,15H,2-5,8,11H2,1H3,(H,22,24)/t15-/m1/s1. The minimum absolute atomic E-state index is 0.0282. The molecule has 0 bridgehead atoms. The first-order valence-corrected chi connectivity index (χ1v) is 8.49. The Morgan fingerprint density at radius 1 is 1.44 bits per heavy atom. The van der Waals surface area contributed by atoms with E-state index in [9.17, 15) is 13.6 Å². The number of aromatic nitrogens is 2. The Morgan fingerprint density at radius 2 is 2.28 bits per heavy atom. The van der Waals surface area contributed by atoms with Gasteiger partial charge in [-0.05, 0) is 37.8 Å². The second-order valence-electron chi connectivity index (χ2n) is 6.12. The Bertz CT molecular complexity index is 761. The van der Waals surface area contributed by atoms with Gasteiger partial charge in [-0.3, -0.25) is 4.79 Å². The summed E-state index contributed by atoms with van der Waals surface area (Å²) in [5.41, 5.74) is 1.93. The first-order valence-electron chi connectivity index (χ1n) is 8.49. The van der Waals surface area contributed by atoms with Gasteiger partial charge in [-0.2, -0.15) is 5.10 Å². The Morgan fingerprint density at radius 3 is 3.04 bits per heavy atom. The molecule has 7 heteroatoms. The summed E-state index contributed by atoms with van der Waals surface area (Å²) in [4.78, 5) is 12.0. The third kappa shape index (κ3) is 3.87. The number of rotatable bonds is 6. The van der Waals surface area contributed by atoms with Crippen LogP contribution in [0.2, 0.25) is 0 Å². The number of nitrogens with one attached hydrogen (secondary N) is 1. The lowest BCUT2D eigenvalue weighted by Crippen LogP contribution is -2.33. The van der Waals surface area contributed by atoms with Crippen molar-refractivity contribution in [3.63, 3.8) is 0 Å². The molecule has 2 aromatic rings. The third-order valence-electron chi connectivity index (χ3n) is 4.24. The van der Waals surface area contributed by atoms with Crippen molar-refractivity contribution in [1.29, 1.82) is 0 Å². The average molecular weight is 349 g/mol. The number of hydrogen-bond acceptors (Lipinski definition) is 3. The number of carbonyl (C=O) groups excluding carboxylic acids is 1. The van der Waals surface area contributed by atoms with Crippen LogP contribution in [-0.2, 0) is 16.0 Å². The summed E-state index contributed by atoms with van der Waals surface area (Å²) >= 11 is 0.